The van der Waals surface area contributed by atoms with Crippen molar-refractivity contribution in [2.24, 2.45) is 0 Å². The minimum atomic E-state index is -3.70. The number of para-hydroxylation sites is 1. The third-order valence-corrected chi connectivity index (χ3v) is 6.86. The monoisotopic (exact) mass is 418 g/mol. The van der Waals surface area contributed by atoms with Crippen molar-refractivity contribution < 1.29 is 13.2 Å². The van der Waals surface area contributed by atoms with Crippen LogP contribution in [0.1, 0.15) is 11.1 Å². The largest absolute Gasteiger partial charge is 0.337 e. The number of rotatable bonds is 5. The van der Waals surface area contributed by atoms with E-state index in [0.29, 0.717) is 10.9 Å². The fourth-order valence-corrected chi connectivity index (χ4v) is 5.08. The molecule has 0 saturated heterocycles. The highest BCUT2D eigenvalue weighted by Crippen LogP contribution is 2.30. The van der Waals surface area contributed by atoms with Crippen LogP contribution in [0.2, 0.25) is 0 Å². The molecule has 6 heteroatoms. The van der Waals surface area contributed by atoms with E-state index in [9.17, 15) is 13.2 Å². The van der Waals surface area contributed by atoms with Gasteiger partial charge in [0, 0.05) is 22.8 Å². The minimum Gasteiger partial charge on any atom is -0.337 e. The SMILES string of the molecule is Cc1ccc(NC(=O)Cn2cc(S(=O)(=O)c3ccccc3)c3ccccc32)c(C)c1. The summed E-state index contributed by atoms with van der Waals surface area (Å²) in [4.78, 5) is 13.1. The number of aryl methyl sites for hydroxylation is 2. The number of fused-ring (bicyclic) bond motifs is 1. The normalized spacial score (nSPS) is 11.5. The molecule has 5 nitrogen and oxygen atoms in total. The number of anilines is 1. The molecule has 4 rings (SSSR count). The summed E-state index contributed by atoms with van der Waals surface area (Å²) in [7, 11) is -3.70. The molecule has 0 radical (unpaired) electrons. The van der Waals surface area contributed by atoms with Crippen LogP contribution in [0, 0.1) is 13.8 Å². The van der Waals surface area contributed by atoms with Crippen LogP contribution in [0.5, 0.6) is 0 Å². The summed E-state index contributed by atoms with van der Waals surface area (Å²) in [5.74, 6) is -0.216. The highest BCUT2D eigenvalue weighted by atomic mass is 32.2. The van der Waals surface area contributed by atoms with E-state index in [2.05, 4.69) is 5.32 Å². The van der Waals surface area contributed by atoms with Crippen molar-refractivity contribution in [3.05, 3.63) is 90.1 Å². The zero-order chi connectivity index (χ0) is 21.3. The average Bonchev–Trinajstić information content (AvgIpc) is 3.10. The van der Waals surface area contributed by atoms with Crippen LogP contribution in [0.25, 0.3) is 10.9 Å². The van der Waals surface area contributed by atoms with Crippen molar-refractivity contribution in [1.29, 1.82) is 0 Å². The second-order valence-electron chi connectivity index (χ2n) is 7.32. The Hall–Kier alpha value is -3.38. The zero-order valence-electron chi connectivity index (χ0n) is 16.8. The number of aromatic nitrogens is 1. The molecule has 30 heavy (non-hydrogen) atoms. The van der Waals surface area contributed by atoms with Crippen molar-refractivity contribution in [3.8, 4) is 0 Å². The van der Waals surface area contributed by atoms with Crippen LogP contribution in [-0.4, -0.2) is 18.9 Å². The number of nitrogens with one attached hydrogen (secondary N) is 1. The van der Waals surface area contributed by atoms with Gasteiger partial charge in [0.05, 0.1) is 9.79 Å². The van der Waals surface area contributed by atoms with Gasteiger partial charge in [0.15, 0.2) is 0 Å². The Morgan fingerprint density at radius 1 is 0.933 bits per heavy atom. The number of nitrogens with zero attached hydrogens (tertiary/aromatic N) is 1. The van der Waals surface area contributed by atoms with Gasteiger partial charge in [-0.2, -0.15) is 0 Å². The predicted molar refractivity (Wildman–Crippen MR) is 118 cm³/mol. The number of carbonyl (C=O) groups is 1. The van der Waals surface area contributed by atoms with E-state index in [4.69, 9.17) is 0 Å². The van der Waals surface area contributed by atoms with Gasteiger partial charge in [-0.15, -0.1) is 0 Å². The van der Waals surface area contributed by atoms with Gasteiger partial charge in [-0.05, 0) is 43.7 Å². The molecular weight excluding hydrogens is 396 g/mol. The number of benzene rings is 3. The standard InChI is InChI=1S/C24H22N2O3S/c1-17-12-13-21(18(2)14-17)25-24(27)16-26-15-23(20-10-6-7-11-22(20)26)30(28,29)19-8-4-3-5-9-19/h3-15H,16H2,1-2H3,(H,25,27). The second-order valence-corrected chi connectivity index (χ2v) is 9.24. The Balaban J connectivity index is 1.70. The number of amides is 1. The van der Waals surface area contributed by atoms with E-state index in [1.54, 1.807) is 53.2 Å². The molecule has 0 aliphatic carbocycles. The van der Waals surface area contributed by atoms with Crippen LogP contribution in [0.3, 0.4) is 0 Å². The first kappa shape index (κ1) is 19.9. The number of carbonyl (C=O) groups excluding carboxylic acids is 1. The summed E-state index contributed by atoms with van der Waals surface area (Å²) in [5.41, 5.74) is 3.55. The molecule has 0 aliphatic rings. The minimum absolute atomic E-state index is 0.0120. The lowest BCUT2D eigenvalue weighted by atomic mass is 10.1. The van der Waals surface area contributed by atoms with Crippen LogP contribution < -0.4 is 5.32 Å². The van der Waals surface area contributed by atoms with Crippen LogP contribution in [0.15, 0.2) is 88.8 Å². The molecule has 1 heterocycles. The fourth-order valence-electron chi connectivity index (χ4n) is 3.58. The molecule has 0 bridgehead atoms. The van der Waals surface area contributed by atoms with Gasteiger partial charge in [0.25, 0.3) is 0 Å². The van der Waals surface area contributed by atoms with Crippen LogP contribution in [-0.2, 0) is 21.2 Å². The first-order chi connectivity index (χ1) is 14.4. The maximum absolute atomic E-state index is 13.2. The number of hydrogen-bond donors (Lipinski definition) is 1. The van der Waals surface area contributed by atoms with E-state index in [1.807, 2.05) is 44.2 Å². The predicted octanol–water partition coefficient (Wildman–Crippen LogP) is 4.73. The molecule has 0 aliphatic heterocycles. The molecular formula is C24H22N2O3S. The Kier molecular flexibility index (Phi) is 5.18. The van der Waals surface area contributed by atoms with Gasteiger partial charge in [-0.1, -0.05) is 54.1 Å². The molecule has 0 fully saturated rings. The highest BCUT2D eigenvalue weighted by Gasteiger charge is 2.23. The topological polar surface area (TPSA) is 68.2 Å². The van der Waals surface area contributed by atoms with Crippen molar-refractivity contribution in [2.75, 3.05) is 5.32 Å². The summed E-state index contributed by atoms with van der Waals surface area (Å²) in [6, 6.07) is 21.4. The lowest BCUT2D eigenvalue weighted by molar-refractivity contribution is -0.116. The van der Waals surface area contributed by atoms with Gasteiger partial charge >= 0.3 is 0 Å². The first-order valence-electron chi connectivity index (χ1n) is 9.61. The molecule has 0 saturated carbocycles. The summed E-state index contributed by atoms with van der Waals surface area (Å²) in [6.45, 7) is 3.95. The number of hydrogen-bond acceptors (Lipinski definition) is 3. The van der Waals surface area contributed by atoms with E-state index in [1.165, 1.54) is 0 Å². The second kappa shape index (κ2) is 7.80. The third kappa shape index (κ3) is 3.74. The molecule has 0 spiro atoms. The summed E-state index contributed by atoms with van der Waals surface area (Å²) in [6.07, 6.45) is 1.55. The lowest BCUT2D eigenvalue weighted by Gasteiger charge is -2.10. The highest BCUT2D eigenvalue weighted by molar-refractivity contribution is 7.91. The fraction of sp³-hybridized carbons (Fsp3) is 0.125. The van der Waals surface area contributed by atoms with E-state index in [0.717, 1.165) is 16.8 Å². The van der Waals surface area contributed by atoms with Crippen molar-refractivity contribution in [3.63, 3.8) is 0 Å². The Morgan fingerprint density at radius 3 is 2.37 bits per heavy atom. The van der Waals surface area contributed by atoms with E-state index >= 15 is 0 Å². The molecule has 1 aromatic heterocycles. The average molecular weight is 419 g/mol. The maximum Gasteiger partial charge on any atom is 0.244 e. The third-order valence-electron chi connectivity index (χ3n) is 5.06. The summed E-state index contributed by atoms with van der Waals surface area (Å²) < 4.78 is 28.1. The molecule has 3 aromatic carbocycles. The van der Waals surface area contributed by atoms with Crippen LogP contribution >= 0.6 is 0 Å². The van der Waals surface area contributed by atoms with Crippen molar-refractivity contribution in [1.82, 2.24) is 4.57 Å². The maximum atomic E-state index is 13.2. The van der Waals surface area contributed by atoms with Crippen molar-refractivity contribution in [2.45, 2.75) is 30.2 Å². The van der Waals surface area contributed by atoms with Crippen LogP contribution in [0.4, 0.5) is 5.69 Å². The van der Waals surface area contributed by atoms with Gasteiger partial charge < -0.3 is 9.88 Å². The Bertz CT molecular complexity index is 1340. The molecule has 0 unspecified atom stereocenters. The van der Waals surface area contributed by atoms with E-state index in [-0.39, 0.29) is 22.2 Å². The molecule has 1 N–H and O–H groups in total. The molecule has 4 aromatic rings. The quantitative estimate of drug-likeness (QED) is 0.509. The van der Waals surface area contributed by atoms with Gasteiger partial charge in [-0.3, -0.25) is 4.79 Å². The Morgan fingerprint density at radius 2 is 1.63 bits per heavy atom. The van der Waals surface area contributed by atoms with Gasteiger partial charge in [-0.25, -0.2) is 8.42 Å². The first-order valence-corrected chi connectivity index (χ1v) is 11.1. The van der Waals surface area contributed by atoms with Gasteiger partial charge in [0.1, 0.15) is 6.54 Å². The Labute approximate surface area is 175 Å². The molecule has 0 atom stereocenters. The van der Waals surface area contributed by atoms with E-state index < -0.39 is 9.84 Å². The lowest BCUT2D eigenvalue weighted by Crippen LogP contribution is -2.18. The number of sulfone groups is 1. The van der Waals surface area contributed by atoms with Gasteiger partial charge in [0.2, 0.25) is 15.7 Å². The zero-order valence-corrected chi connectivity index (χ0v) is 17.6. The smallest absolute Gasteiger partial charge is 0.244 e. The molecule has 152 valence electrons. The summed E-state index contributed by atoms with van der Waals surface area (Å²) in [5, 5.41) is 3.52. The summed E-state index contributed by atoms with van der Waals surface area (Å²) >= 11 is 0. The van der Waals surface area contributed by atoms with Crippen molar-refractivity contribution >= 4 is 32.3 Å². The molecule has 1 amide bonds.